The molecule has 1 N–H and O–H groups in total. The summed E-state index contributed by atoms with van der Waals surface area (Å²) in [4.78, 5) is 19.1. The minimum Gasteiger partial charge on any atom is -0.378 e. The van der Waals surface area contributed by atoms with Crippen molar-refractivity contribution < 1.29 is 4.79 Å². The van der Waals surface area contributed by atoms with Crippen LogP contribution in [-0.2, 0) is 11.3 Å². The number of hydrogen-bond donors (Lipinski definition) is 1. The third-order valence-electron chi connectivity index (χ3n) is 5.32. The first-order chi connectivity index (χ1) is 16.1. The molecule has 0 atom stereocenters. The Bertz CT molecular complexity index is 1210. The highest BCUT2D eigenvalue weighted by molar-refractivity contribution is 5.83. The highest BCUT2D eigenvalue weighted by atomic mass is 16.2. The van der Waals surface area contributed by atoms with Gasteiger partial charge in [-0.25, -0.2) is 10.4 Å². The molecule has 0 aliphatic heterocycles. The van der Waals surface area contributed by atoms with Gasteiger partial charge in [0.2, 0.25) is 5.91 Å². The molecular weight excluding hydrogens is 410 g/mol. The van der Waals surface area contributed by atoms with Crippen LogP contribution in [0, 0.1) is 0 Å². The molecule has 0 fully saturated rings. The summed E-state index contributed by atoms with van der Waals surface area (Å²) in [7, 11) is 3.99. The van der Waals surface area contributed by atoms with Crippen molar-refractivity contribution in [3.63, 3.8) is 0 Å². The maximum atomic E-state index is 12.4. The van der Waals surface area contributed by atoms with Gasteiger partial charge in [0.15, 0.2) is 0 Å². The van der Waals surface area contributed by atoms with E-state index in [1.807, 2.05) is 96.4 Å². The molecule has 3 aromatic carbocycles. The molecule has 1 aromatic heterocycles. The molecule has 0 saturated heterocycles. The van der Waals surface area contributed by atoms with E-state index in [1.165, 1.54) is 0 Å². The molecule has 1 heterocycles. The SMILES string of the molecule is CN(C)c1ccc(/C=N\NC(=O)CCn2cnc(-c3ccccc3)c2-c2ccccc2)cc1. The topological polar surface area (TPSA) is 62.5 Å². The number of carbonyl (C=O) groups excluding carboxylic acids is 1. The summed E-state index contributed by atoms with van der Waals surface area (Å²) in [5, 5.41) is 4.10. The molecule has 0 spiro atoms. The van der Waals surface area contributed by atoms with Crippen LogP contribution in [0.1, 0.15) is 12.0 Å². The van der Waals surface area contributed by atoms with E-state index in [1.54, 1.807) is 12.5 Å². The van der Waals surface area contributed by atoms with E-state index in [4.69, 9.17) is 0 Å². The van der Waals surface area contributed by atoms with Crippen LogP contribution in [0.5, 0.6) is 0 Å². The summed E-state index contributed by atoms with van der Waals surface area (Å²) in [6, 6.07) is 28.2. The maximum absolute atomic E-state index is 12.4. The highest BCUT2D eigenvalue weighted by Crippen LogP contribution is 2.31. The van der Waals surface area contributed by atoms with Crippen molar-refractivity contribution in [3.05, 3.63) is 96.8 Å². The van der Waals surface area contributed by atoms with Crippen LogP contribution in [0.15, 0.2) is 96.4 Å². The van der Waals surface area contributed by atoms with Crippen molar-refractivity contribution in [2.75, 3.05) is 19.0 Å². The number of imidazole rings is 1. The molecule has 4 aromatic rings. The third kappa shape index (κ3) is 5.54. The number of nitrogens with one attached hydrogen (secondary N) is 1. The standard InChI is InChI=1S/C27H27N5O/c1-31(2)24-15-13-21(14-16-24)19-29-30-25(33)17-18-32-20-28-26(22-9-5-3-6-10-22)27(32)23-11-7-4-8-12-23/h3-16,19-20H,17-18H2,1-2H3,(H,30,33)/b29-19-. The normalized spacial score (nSPS) is 11.0. The zero-order chi connectivity index (χ0) is 23.0. The summed E-state index contributed by atoms with van der Waals surface area (Å²) in [6.07, 6.45) is 3.74. The van der Waals surface area contributed by atoms with Crippen molar-refractivity contribution >= 4 is 17.8 Å². The number of anilines is 1. The Morgan fingerprint density at radius 1 is 0.939 bits per heavy atom. The fourth-order valence-electron chi connectivity index (χ4n) is 3.57. The Hall–Kier alpha value is -4.19. The number of amides is 1. The summed E-state index contributed by atoms with van der Waals surface area (Å²) >= 11 is 0. The first-order valence-corrected chi connectivity index (χ1v) is 10.9. The van der Waals surface area contributed by atoms with Crippen LogP contribution in [0.2, 0.25) is 0 Å². The number of hydrogen-bond acceptors (Lipinski definition) is 4. The third-order valence-corrected chi connectivity index (χ3v) is 5.32. The van der Waals surface area contributed by atoms with E-state index in [9.17, 15) is 4.79 Å². The smallest absolute Gasteiger partial charge is 0.241 e. The van der Waals surface area contributed by atoms with Gasteiger partial charge in [0, 0.05) is 43.9 Å². The van der Waals surface area contributed by atoms with Crippen molar-refractivity contribution in [3.8, 4) is 22.5 Å². The van der Waals surface area contributed by atoms with Crippen molar-refractivity contribution in [1.82, 2.24) is 15.0 Å². The maximum Gasteiger partial charge on any atom is 0.241 e. The Morgan fingerprint density at radius 3 is 2.21 bits per heavy atom. The van der Waals surface area contributed by atoms with E-state index in [-0.39, 0.29) is 5.91 Å². The molecule has 6 heteroatoms. The Morgan fingerprint density at radius 2 is 1.58 bits per heavy atom. The summed E-state index contributed by atoms with van der Waals surface area (Å²) < 4.78 is 2.03. The molecule has 0 bridgehead atoms. The van der Waals surface area contributed by atoms with E-state index in [2.05, 4.69) is 27.6 Å². The van der Waals surface area contributed by atoms with Crippen molar-refractivity contribution in [2.24, 2.45) is 5.10 Å². The molecule has 33 heavy (non-hydrogen) atoms. The van der Waals surface area contributed by atoms with Crippen molar-refractivity contribution in [1.29, 1.82) is 0 Å². The van der Waals surface area contributed by atoms with Crippen LogP contribution in [-0.4, -0.2) is 35.8 Å². The van der Waals surface area contributed by atoms with Crippen LogP contribution < -0.4 is 10.3 Å². The Labute approximate surface area is 194 Å². The molecule has 0 unspecified atom stereocenters. The molecule has 0 aliphatic carbocycles. The average Bonchev–Trinajstić information content (AvgIpc) is 3.28. The zero-order valence-electron chi connectivity index (χ0n) is 18.8. The largest absolute Gasteiger partial charge is 0.378 e. The summed E-state index contributed by atoms with van der Waals surface area (Å²) in [5.74, 6) is -0.148. The predicted octanol–water partition coefficient (Wildman–Crippen LogP) is 4.82. The van der Waals surface area contributed by atoms with Gasteiger partial charge in [0.1, 0.15) is 0 Å². The number of hydrazone groups is 1. The van der Waals surface area contributed by atoms with Gasteiger partial charge in [-0.1, -0.05) is 72.8 Å². The number of benzene rings is 3. The molecule has 166 valence electrons. The second kappa shape index (κ2) is 10.4. The molecule has 1 amide bonds. The Kier molecular flexibility index (Phi) is 6.95. The second-order valence-corrected chi connectivity index (χ2v) is 7.90. The first kappa shape index (κ1) is 22.0. The fourth-order valence-corrected chi connectivity index (χ4v) is 3.57. The van der Waals surface area contributed by atoms with Crippen LogP contribution in [0.25, 0.3) is 22.5 Å². The number of aromatic nitrogens is 2. The molecule has 0 radical (unpaired) electrons. The van der Waals surface area contributed by atoms with Crippen LogP contribution >= 0.6 is 0 Å². The van der Waals surface area contributed by atoms with Crippen LogP contribution in [0.3, 0.4) is 0 Å². The number of nitrogens with zero attached hydrogens (tertiary/aromatic N) is 4. The van der Waals surface area contributed by atoms with Crippen molar-refractivity contribution in [2.45, 2.75) is 13.0 Å². The number of carbonyl (C=O) groups is 1. The second-order valence-electron chi connectivity index (χ2n) is 7.90. The monoisotopic (exact) mass is 437 g/mol. The molecular formula is C27H27N5O. The molecule has 0 aliphatic rings. The van der Waals surface area contributed by atoms with Gasteiger partial charge in [-0.2, -0.15) is 5.10 Å². The average molecular weight is 438 g/mol. The zero-order valence-corrected chi connectivity index (χ0v) is 18.8. The van der Waals surface area contributed by atoms with Gasteiger partial charge >= 0.3 is 0 Å². The van der Waals surface area contributed by atoms with E-state index >= 15 is 0 Å². The highest BCUT2D eigenvalue weighted by Gasteiger charge is 2.15. The molecule has 0 saturated carbocycles. The fraction of sp³-hybridized carbons (Fsp3) is 0.148. The lowest BCUT2D eigenvalue weighted by atomic mass is 10.0. The number of aryl methyl sites for hydroxylation is 1. The van der Waals surface area contributed by atoms with Crippen LogP contribution in [0.4, 0.5) is 5.69 Å². The van der Waals surface area contributed by atoms with E-state index < -0.39 is 0 Å². The quantitative estimate of drug-likeness (QED) is 0.317. The van der Waals surface area contributed by atoms with Gasteiger partial charge in [0.25, 0.3) is 0 Å². The number of rotatable bonds is 8. The van der Waals surface area contributed by atoms with Gasteiger partial charge in [-0.05, 0) is 17.7 Å². The lowest BCUT2D eigenvalue weighted by Crippen LogP contribution is -2.19. The molecule has 4 rings (SSSR count). The van der Waals surface area contributed by atoms with Gasteiger partial charge in [-0.15, -0.1) is 0 Å². The lowest BCUT2D eigenvalue weighted by molar-refractivity contribution is -0.121. The summed E-state index contributed by atoms with van der Waals surface area (Å²) in [6.45, 7) is 0.503. The molecule has 6 nitrogen and oxygen atoms in total. The van der Waals surface area contributed by atoms with E-state index in [0.717, 1.165) is 33.8 Å². The minimum atomic E-state index is -0.148. The predicted molar refractivity (Wildman–Crippen MR) is 134 cm³/mol. The van der Waals surface area contributed by atoms with Gasteiger partial charge in [0.05, 0.1) is 23.9 Å². The van der Waals surface area contributed by atoms with E-state index in [0.29, 0.717) is 13.0 Å². The minimum absolute atomic E-state index is 0.148. The Balaban J connectivity index is 1.44. The van der Waals surface area contributed by atoms with Gasteiger partial charge in [-0.3, -0.25) is 4.79 Å². The van der Waals surface area contributed by atoms with Gasteiger partial charge < -0.3 is 9.47 Å². The summed E-state index contributed by atoms with van der Waals surface area (Å²) in [5.41, 5.74) is 8.67. The lowest BCUT2D eigenvalue weighted by Gasteiger charge is -2.11. The first-order valence-electron chi connectivity index (χ1n) is 10.9.